The van der Waals surface area contributed by atoms with Crippen LogP contribution in [0, 0.1) is 0 Å². The normalized spacial score (nSPS) is 25.1. The van der Waals surface area contributed by atoms with Gasteiger partial charge in [0.2, 0.25) is 0 Å². The minimum absolute atomic E-state index is 0.111. The van der Waals surface area contributed by atoms with Crippen LogP contribution in [0.2, 0.25) is 0 Å². The van der Waals surface area contributed by atoms with Crippen molar-refractivity contribution in [2.24, 2.45) is 0 Å². The first-order valence-corrected chi connectivity index (χ1v) is 4.36. The molecule has 0 saturated carbocycles. The van der Waals surface area contributed by atoms with Crippen molar-refractivity contribution < 1.29 is 19.1 Å². The number of amides is 1. The van der Waals surface area contributed by atoms with E-state index in [1.807, 2.05) is 6.92 Å². The second-order valence-corrected chi connectivity index (χ2v) is 3.15. The van der Waals surface area contributed by atoms with Crippen LogP contribution in [-0.4, -0.2) is 30.8 Å². The van der Waals surface area contributed by atoms with Crippen LogP contribution in [0.1, 0.15) is 13.3 Å². The molecule has 1 rings (SSSR count). The molecule has 5 heteroatoms. The van der Waals surface area contributed by atoms with Crippen LogP contribution in [0.15, 0.2) is 12.7 Å². The van der Waals surface area contributed by atoms with Gasteiger partial charge in [-0.05, 0) is 6.42 Å². The quantitative estimate of drug-likeness (QED) is 0.532. The molecule has 0 aromatic carbocycles. The topological polar surface area (TPSA) is 64.6 Å². The highest BCUT2D eigenvalue weighted by molar-refractivity contribution is 5.81. The van der Waals surface area contributed by atoms with Crippen molar-refractivity contribution in [1.82, 2.24) is 5.32 Å². The summed E-state index contributed by atoms with van der Waals surface area (Å²) in [4.78, 5) is 21.7. The molecule has 1 aliphatic rings. The van der Waals surface area contributed by atoms with Crippen LogP contribution in [0.5, 0.6) is 0 Å². The number of cyclic esters (lactones) is 1. The van der Waals surface area contributed by atoms with Crippen LogP contribution in [0.4, 0.5) is 4.79 Å². The minimum Gasteiger partial charge on any atom is -0.460 e. The molecule has 1 atom stereocenters. The second kappa shape index (κ2) is 4.13. The molecule has 1 amide bonds. The third kappa shape index (κ3) is 2.25. The van der Waals surface area contributed by atoms with Crippen LogP contribution in [0.3, 0.4) is 0 Å². The monoisotopic (exact) mass is 199 g/mol. The van der Waals surface area contributed by atoms with E-state index in [1.54, 1.807) is 0 Å². The van der Waals surface area contributed by atoms with E-state index in [2.05, 4.69) is 11.9 Å². The van der Waals surface area contributed by atoms with Gasteiger partial charge in [0.25, 0.3) is 0 Å². The summed E-state index contributed by atoms with van der Waals surface area (Å²) >= 11 is 0. The van der Waals surface area contributed by atoms with Crippen molar-refractivity contribution in [3.63, 3.8) is 0 Å². The second-order valence-electron chi connectivity index (χ2n) is 3.15. The van der Waals surface area contributed by atoms with Gasteiger partial charge in [-0.3, -0.25) is 0 Å². The van der Waals surface area contributed by atoms with Crippen molar-refractivity contribution in [2.45, 2.75) is 18.9 Å². The Kier molecular flexibility index (Phi) is 3.11. The number of nitrogens with one attached hydrogen (secondary N) is 1. The average molecular weight is 199 g/mol. The molecular weight excluding hydrogens is 186 g/mol. The van der Waals surface area contributed by atoms with Crippen molar-refractivity contribution in [3.05, 3.63) is 12.7 Å². The maximum absolute atomic E-state index is 10.8. The Bertz CT molecular complexity index is 264. The van der Waals surface area contributed by atoms with Gasteiger partial charge in [-0.25, -0.2) is 9.59 Å². The summed E-state index contributed by atoms with van der Waals surface area (Å²) in [5, 5.41) is 2.62. The van der Waals surface area contributed by atoms with Gasteiger partial charge in [-0.1, -0.05) is 13.5 Å². The molecule has 1 N–H and O–H groups in total. The maximum atomic E-state index is 10.8. The van der Waals surface area contributed by atoms with E-state index < -0.39 is 17.6 Å². The minimum atomic E-state index is -0.574. The number of ether oxygens (including phenoxy) is 2. The summed E-state index contributed by atoms with van der Waals surface area (Å²) in [7, 11) is 0. The fraction of sp³-hybridized carbons (Fsp3) is 0.556. The van der Waals surface area contributed by atoms with Gasteiger partial charge in [-0.15, -0.1) is 0 Å². The fourth-order valence-corrected chi connectivity index (χ4v) is 1.13. The molecule has 0 aromatic heterocycles. The lowest BCUT2D eigenvalue weighted by Crippen LogP contribution is -2.47. The van der Waals surface area contributed by atoms with Gasteiger partial charge in [0, 0.05) is 6.08 Å². The van der Waals surface area contributed by atoms with Crippen LogP contribution in [0.25, 0.3) is 0 Å². The van der Waals surface area contributed by atoms with E-state index in [1.165, 1.54) is 0 Å². The number of carbonyl (C=O) groups excluding carboxylic acids is 2. The number of esters is 1. The third-order valence-corrected chi connectivity index (χ3v) is 2.18. The molecule has 0 aromatic rings. The van der Waals surface area contributed by atoms with Gasteiger partial charge >= 0.3 is 12.1 Å². The zero-order valence-electron chi connectivity index (χ0n) is 8.04. The first-order chi connectivity index (χ1) is 6.62. The van der Waals surface area contributed by atoms with Gasteiger partial charge in [-0.2, -0.15) is 0 Å². The molecule has 1 heterocycles. The summed E-state index contributed by atoms with van der Waals surface area (Å²) in [5.74, 6) is -0.501. The predicted octanol–water partition coefficient (Wildman–Crippen LogP) is 0.604. The molecule has 0 bridgehead atoms. The van der Waals surface area contributed by atoms with Gasteiger partial charge in [0.1, 0.15) is 18.8 Å². The van der Waals surface area contributed by atoms with Crippen LogP contribution < -0.4 is 5.32 Å². The van der Waals surface area contributed by atoms with E-state index >= 15 is 0 Å². The summed E-state index contributed by atoms with van der Waals surface area (Å²) in [6.45, 7) is 5.50. The molecule has 78 valence electrons. The Morgan fingerprint density at radius 1 is 1.86 bits per heavy atom. The average Bonchev–Trinajstić information content (AvgIpc) is 2.57. The molecule has 0 unspecified atom stereocenters. The third-order valence-electron chi connectivity index (χ3n) is 2.18. The highest BCUT2D eigenvalue weighted by Crippen LogP contribution is 2.17. The number of hydrogen-bond acceptors (Lipinski definition) is 4. The Morgan fingerprint density at radius 2 is 2.57 bits per heavy atom. The summed E-state index contributed by atoms with van der Waals surface area (Å²) < 4.78 is 9.62. The van der Waals surface area contributed by atoms with Gasteiger partial charge in [0.15, 0.2) is 0 Å². The van der Waals surface area contributed by atoms with Crippen molar-refractivity contribution in [3.8, 4) is 0 Å². The molecule has 0 spiro atoms. The molecule has 14 heavy (non-hydrogen) atoms. The highest BCUT2D eigenvalue weighted by Gasteiger charge is 2.39. The Labute approximate surface area is 82.1 Å². The lowest BCUT2D eigenvalue weighted by atomic mass is 10.00. The molecule has 1 fully saturated rings. The zero-order valence-corrected chi connectivity index (χ0v) is 8.04. The molecule has 0 radical (unpaired) electrons. The van der Waals surface area contributed by atoms with Gasteiger partial charge in [0.05, 0.1) is 0 Å². The van der Waals surface area contributed by atoms with Crippen LogP contribution >= 0.6 is 0 Å². The summed E-state index contributed by atoms with van der Waals surface area (Å²) in [5.41, 5.74) is -0.574. The number of alkyl carbamates (subject to hydrolysis) is 1. The lowest BCUT2D eigenvalue weighted by Gasteiger charge is -2.23. The van der Waals surface area contributed by atoms with E-state index in [4.69, 9.17) is 9.47 Å². The summed E-state index contributed by atoms with van der Waals surface area (Å²) in [6, 6.07) is 0. The number of hydrogen-bond donors (Lipinski definition) is 1. The van der Waals surface area contributed by atoms with E-state index in [0.29, 0.717) is 6.42 Å². The molecule has 1 saturated heterocycles. The van der Waals surface area contributed by atoms with Crippen molar-refractivity contribution in [2.75, 3.05) is 13.2 Å². The fourth-order valence-electron chi connectivity index (χ4n) is 1.13. The molecular formula is C9H13NO4. The zero-order chi connectivity index (χ0) is 10.6. The molecule has 0 aliphatic carbocycles. The first-order valence-electron chi connectivity index (χ1n) is 4.36. The molecule has 1 aliphatic heterocycles. The smallest absolute Gasteiger partial charge is 0.407 e. The number of carbonyl (C=O) groups is 2. The Hall–Kier alpha value is -1.52. The highest BCUT2D eigenvalue weighted by atomic mass is 16.6. The maximum Gasteiger partial charge on any atom is 0.407 e. The van der Waals surface area contributed by atoms with E-state index in [9.17, 15) is 9.59 Å². The number of rotatable bonds is 4. The predicted molar refractivity (Wildman–Crippen MR) is 48.7 cm³/mol. The SMILES string of the molecule is C=CC(=O)OC[C@@]1(CC)COC(=O)N1. The Balaban J connectivity index is 2.50. The van der Waals surface area contributed by atoms with Crippen molar-refractivity contribution in [1.29, 1.82) is 0 Å². The van der Waals surface area contributed by atoms with Crippen LogP contribution in [-0.2, 0) is 14.3 Å². The lowest BCUT2D eigenvalue weighted by molar-refractivity contribution is -0.139. The Morgan fingerprint density at radius 3 is 3.00 bits per heavy atom. The van der Waals surface area contributed by atoms with Crippen molar-refractivity contribution >= 4 is 12.1 Å². The van der Waals surface area contributed by atoms with Gasteiger partial charge < -0.3 is 14.8 Å². The van der Waals surface area contributed by atoms with E-state index in [0.717, 1.165) is 6.08 Å². The van der Waals surface area contributed by atoms with E-state index in [-0.39, 0.29) is 13.2 Å². The molecule has 5 nitrogen and oxygen atoms in total. The largest absolute Gasteiger partial charge is 0.460 e. The summed E-state index contributed by atoms with van der Waals surface area (Å²) in [6.07, 6.45) is 1.26. The standard InChI is InChI=1S/C9H13NO4/c1-3-7(11)13-5-9(4-2)6-14-8(12)10-9/h3H,1,4-6H2,2H3,(H,10,12)/t9-/m0/s1. The first kappa shape index (κ1) is 10.6.